The highest BCUT2D eigenvalue weighted by Gasteiger charge is 2.13. The van der Waals surface area contributed by atoms with Crippen molar-refractivity contribution in [1.82, 2.24) is 5.32 Å². The lowest BCUT2D eigenvalue weighted by Gasteiger charge is -2.16. The maximum atomic E-state index is 12.4. The highest BCUT2D eigenvalue weighted by atomic mass is 16.3. The van der Waals surface area contributed by atoms with Crippen molar-refractivity contribution in [3.8, 4) is 0 Å². The lowest BCUT2D eigenvalue weighted by molar-refractivity contribution is 0.0713. The molecule has 0 aliphatic rings. The van der Waals surface area contributed by atoms with E-state index in [0.29, 0.717) is 23.2 Å². The molecule has 0 aliphatic carbocycles. The van der Waals surface area contributed by atoms with E-state index in [1.807, 2.05) is 19.1 Å². The lowest BCUT2D eigenvalue weighted by Crippen LogP contribution is -2.19. The van der Waals surface area contributed by atoms with E-state index in [1.54, 1.807) is 51.2 Å². The Hall–Kier alpha value is -2.66. The molecule has 0 bridgehead atoms. The zero-order chi connectivity index (χ0) is 19.3. The Bertz CT molecular complexity index is 790. The van der Waals surface area contributed by atoms with E-state index in [0.717, 1.165) is 17.5 Å². The number of carbonyl (C=O) groups excluding carboxylic acids is 2. The Balaban J connectivity index is 2.04. The maximum absolute atomic E-state index is 12.4. The zero-order valence-electron chi connectivity index (χ0n) is 15.7. The second kappa shape index (κ2) is 8.15. The molecule has 0 aliphatic heterocycles. The molecule has 0 spiro atoms. The van der Waals surface area contributed by atoms with Crippen LogP contribution in [0.3, 0.4) is 0 Å². The Morgan fingerprint density at radius 3 is 2.15 bits per heavy atom. The summed E-state index contributed by atoms with van der Waals surface area (Å²) in [6.07, 6.45) is 1.42. The van der Waals surface area contributed by atoms with Gasteiger partial charge in [0.15, 0.2) is 0 Å². The van der Waals surface area contributed by atoms with Crippen molar-refractivity contribution in [2.45, 2.75) is 39.2 Å². The first-order chi connectivity index (χ1) is 12.2. The van der Waals surface area contributed by atoms with Gasteiger partial charge in [-0.3, -0.25) is 9.59 Å². The van der Waals surface area contributed by atoms with Gasteiger partial charge in [-0.25, -0.2) is 0 Å². The number of aliphatic hydroxyl groups is 1. The third-order valence-corrected chi connectivity index (χ3v) is 4.21. The minimum Gasteiger partial charge on any atom is -0.390 e. The molecule has 0 saturated carbocycles. The van der Waals surface area contributed by atoms with Gasteiger partial charge >= 0.3 is 0 Å². The molecule has 3 N–H and O–H groups in total. The fourth-order valence-electron chi connectivity index (χ4n) is 2.56. The number of rotatable bonds is 6. The summed E-state index contributed by atoms with van der Waals surface area (Å²) in [5, 5.41) is 15.2. The summed E-state index contributed by atoms with van der Waals surface area (Å²) >= 11 is 0. The SMILES string of the molecule is CNC(=O)c1ccc(NC(=O)c2ccc(CCC(C)(C)O)cc2)c(C)c1. The second-order valence-corrected chi connectivity index (χ2v) is 7.07. The van der Waals surface area contributed by atoms with Gasteiger partial charge in [-0.15, -0.1) is 0 Å². The molecule has 26 heavy (non-hydrogen) atoms. The Labute approximate surface area is 154 Å². The smallest absolute Gasteiger partial charge is 0.255 e. The van der Waals surface area contributed by atoms with Crippen LogP contribution in [0.1, 0.15) is 52.1 Å². The number of hydrogen-bond acceptors (Lipinski definition) is 3. The average molecular weight is 354 g/mol. The monoisotopic (exact) mass is 354 g/mol. The predicted molar refractivity (Wildman–Crippen MR) is 104 cm³/mol. The maximum Gasteiger partial charge on any atom is 0.255 e. The average Bonchev–Trinajstić information content (AvgIpc) is 2.60. The Morgan fingerprint density at radius 1 is 1.00 bits per heavy atom. The van der Waals surface area contributed by atoms with Crippen LogP contribution in [0.5, 0.6) is 0 Å². The molecule has 0 saturated heterocycles. The molecule has 0 radical (unpaired) electrons. The zero-order valence-corrected chi connectivity index (χ0v) is 15.7. The molecular formula is C21H26N2O3. The fraction of sp³-hybridized carbons (Fsp3) is 0.333. The molecule has 0 unspecified atom stereocenters. The van der Waals surface area contributed by atoms with Crippen molar-refractivity contribution in [2.24, 2.45) is 0 Å². The van der Waals surface area contributed by atoms with E-state index in [2.05, 4.69) is 10.6 Å². The van der Waals surface area contributed by atoms with Crippen molar-refractivity contribution in [3.05, 3.63) is 64.7 Å². The largest absolute Gasteiger partial charge is 0.390 e. The number of benzene rings is 2. The van der Waals surface area contributed by atoms with Crippen LogP contribution in [-0.2, 0) is 6.42 Å². The summed E-state index contributed by atoms with van der Waals surface area (Å²) in [7, 11) is 1.58. The molecule has 0 heterocycles. The van der Waals surface area contributed by atoms with Crippen LogP contribution in [0, 0.1) is 6.92 Å². The molecule has 2 aromatic carbocycles. The first kappa shape index (κ1) is 19.7. The third-order valence-electron chi connectivity index (χ3n) is 4.21. The quantitative estimate of drug-likeness (QED) is 0.745. The van der Waals surface area contributed by atoms with Crippen LogP contribution in [0.2, 0.25) is 0 Å². The van der Waals surface area contributed by atoms with Gasteiger partial charge in [0, 0.05) is 23.9 Å². The van der Waals surface area contributed by atoms with Crippen molar-refractivity contribution in [3.63, 3.8) is 0 Å². The van der Waals surface area contributed by atoms with E-state index in [4.69, 9.17) is 0 Å². The van der Waals surface area contributed by atoms with Gasteiger partial charge in [0.1, 0.15) is 0 Å². The molecule has 5 heteroatoms. The van der Waals surface area contributed by atoms with Gasteiger partial charge < -0.3 is 15.7 Å². The number of nitrogens with one attached hydrogen (secondary N) is 2. The number of carbonyl (C=O) groups is 2. The summed E-state index contributed by atoms with van der Waals surface area (Å²) in [5.74, 6) is -0.359. The van der Waals surface area contributed by atoms with E-state index < -0.39 is 5.60 Å². The Morgan fingerprint density at radius 2 is 1.62 bits per heavy atom. The van der Waals surface area contributed by atoms with Crippen molar-refractivity contribution >= 4 is 17.5 Å². The normalized spacial score (nSPS) is 11.1. The first-order valence-electron chi connectivity index (χ1n) is 8.65. The number of aryl methyl sites for hydroxylation is 2. The van der Waals surface area contributed by atoms with Crippen LogP contribution >= 0.6 is 0 Å². The van der Waals surface area contributed by atoms with Crippen molar-refractivity contribution in [1.29, 1.82) is 0 Å². The number of amides is 2. The summed E-state index contributed by atoms with van der Waals surface area (Å²) in [6, 6.07) is 12.5. The van der Waals surface area contributed by atoms with Crippen LogP contribution in [0.25, 0.3) is 0 Å². The highest BCUT2D eigenvalue weighted by Crippen LogP contribution is 2.18. The topological polar surface area (TPSA) is 78.4 Å². The first-order valence-corrected chi connectivity index (χ1v) is 8.65. The van der Waals surface area contributed by atoms with Crippen LogP contribution < -0.4 is 10.6 Å². The molecule has 5 nitrogen and oxygen atoms in total. The highest BCUT2D eigenvalue weighted by molar-refractivity contribution is 6.05. The molecule has 0 aromatic heterocycles. The van der Waals surface area contributed by atoms with Gasteiger partial charge in [0.05, 0.1) is 5.60 Å². The number of hydrogen-bond donors (Lipinski definition) is 3. The van der Waals surface area contributed by atoms with Gasteiger partial charge in [0.25, 0.3) is 11.8 Å². The molecular weight excluding hydrogens is 328 g/mol. The van der Waals surface area contributed by atoms with E-state index in [9.17, 15) is 14.7 Å². The molecule has 2 rings (SSSR count). The number of anilines is 1. The molecule has 2 aromatic rings. The van der Waals surface area contributed by atoms with Gasteiger partial charge in [0.2, 0.25) is 0 Å². The van der Waals surface area contributed by atoms with Gasteiger partial charge in [-0.1, -0.05) is 12.1 Å². The van der Waals surface area contributed by atoms with Gasteiger partial charge in [-0.05, 0) is 75.1 Å². The van der Waals surface area contributed by atoms with E-state index in [1.165, 1.54) is 0 Å². The Kier molecular flexibility index (Phi) is 6.16. The van der Waals surface area contributed by atoms with Crippen LogP contribution in [0.15, 0.2) is 42.5 Å². The van der Waals surface area contributed by atoms with E-state index >= 15 is 0 Å². The molecule has 0 atom stereocenters. The fourth-order valence-corrected chi connectivity index (χ4v) is 2.56. The van der Waals surface area contributed by atoms with Gasteiger partial charge in [-0.2, -0.15) is 0 Å². The summed E-state index contributed by atoms with van der Waals surface area (Å²) in [5.41, 5.74) is 2.99. The summed E-state index contributed by atoms with van der Waals surface area (Å²) in [6.45, 7) is 5.42. The van der Waals surface area contributed by atoms with Crippen molar-refractivity contribution < 1.29 is 14.7 Å². The van der Waals surface area contributed by atoms with Crippen LogP contribution in [-0.4, -0.2) is 29.6 Å². The van der Waals surface area contributed by atoms with E-state index in [-0.39, 0.29) is 11.8 Å². The lowest BCUT2D eigenvalue weighted by atomic mass is 9.98. The van der Waals surface area contributed by atoms with Crippen LogP contribution in [0.4, 0.5) is 5.69 Å². The summed E-state index contributed by atoms with van der Waals surface area (Å²) < 4.78 is 0. The predicted octanol–water partition coefficient (Wildman–Crippen LogP) is 3.31. The minimum absolute atomic E-state index is 0.160. The summed E-state index contributed by atoms with van der Waals surface area (Å²) in [4.78, 5) is 24.1. The molecule has 138 valence electrons. The van der Waals surface area contributed by atoms with Crippen molar-refractivity contribution in [2.75, 3.05) is 12.4 Å². The standard InChI is InChI=1S/C21H26N2O3/c1-14-13-17(19(24)22-4)9-10-18(14)23-20(25)16-7-5-15(6-8-16)11-12-21(2,3)26/h5-10,13,26H,11-12H2,1-4H3,(H,22,24)(H,23,25). The molecule has 0 fully saturated rings. The molecule has 2 amide bonds. The third kappa shape index (κ3) is 5.43. The minimum atomic E-state index is -0.700. The second-order valence-electron chi connectivity index (χ2n) is 7.07.